The van der Waals surface area contributed by atoms with Crippen molar-refractivity contribution in [2.24, 2.45) is 0 Å². The van der Waals surface area contributed by atoms with Gasteiger partial charge in [-0.3, -0.25) is 4.57 Å². The number of aryl methyl sites for hydroxylation is 1. The number of benzene rings is 1. The average Bonchev–Trinajstić information content (AvgIpc) is 3.34. The normalized spacial score (nSPS) is 17.5. The number of hydrogen-bond acceptors (Lipinski definition) is 11. The third-order valence-electron chi connectivity index (χ3n) is 5.83. The number of para-hydroxylation sites is 1. The van der Waals surface area contributed by atoms with Crippen molar-refractivity contribution in [3.63, 3.8) is 0 Å². The molecule has 4 rings (SSSR count). The lowest BCUT2D eigenvalue weighted by atomic mass is 10.2. The average molecular weight is 564 g/mol. The number of hydrogen-bond donors (Lipinski definition) is 0. The molecule has 3 aromatic heterocycles. The molecule has 0 unspecified atom stereocenters. The Labute approximate surface area is 239 Å². The molecule has 0 saturated carbocycles. The van der Waals surface area contributed by atoms with Crippen LogP contribution in [0.3, 0.4) is 0 Å². The fourth-order valence-corrected chi connectivity index (χ4v) is 5.27. The van der Waals surface area contributed by atoms with Crippen LogP contribution >= 0.6 is 0 Å². The van der Waals surface area contributed by atoms with E-state index in [2.05, 4.69) is 25.1 Å². The summed E-state index contributed by atoms with van der Waals surface area (Å²) in [7, 11) is -12.0. The fraction of sp³-hybridized carbons (Fsp3) is 0.346. The Bertz CT molecular complexity index is 1810. The van der Waals surface area contributed by atoms with Crippen molar-refractivity contribution < 1.29 is 39.7 Å². The Morgan fingerprint density at radius 1 is 0.974 bits per heavy atom. The number of pyridine rings is 1. The van der Waals surface area contributed by atoms with Crippen LogP contribution in [0.4, 0.5) is 0 Å². The van der Waals surface area contributed by atoms with E-state index in [0.717, 1.165) is 10.1 Å². The van der Waals surface area contributed by atoms with Crippen LogP contribution in [0.2, 0.25) is 0 Å². The minimum absolute atomic E-state index is 0.0985. The molecular weight excluding hydrogens is 524 g/mol. The highest BCUT2D eigenvalue weighted by atomic mass is 32.2. The Hall–Kier alpha value is -4.10. The number of sulfone groups is 1. The van der Waals surface area contributed by atoms with Gasteiger partial charge in [-0.2, -0.15) is 0 Å². The molecule has 0 spiro atoms. The summed E-state index contributed by atoms with van der Waals surface area (Å²) in [5, 5.41) is 6.88. The molecule has 0 N–H and O–H groups in total. The molecule has 13 heteroatoms. The summed E-state index contributed by atoms with van der Waals surface area (Å²) >= 11 is 0. The van der Waals surface area contributed by atoms with E-state index in [1.165, 1.54) is 62.8 Å². The fourth-order valence-electron chi connectivity index (χ4n) is 3.85. The first kappa shape index (κ1) is 18.2. The van der Waals surface area contributed by atoms with Crippen molar-refractivity contribution in [3.8, 4) is 34.6 Å². The van der Waals surface area contributed by atoms with Gasteiger partial charge in [0, 0.05) is 25.6 Å². The van der Waals surface area contributed by atoms with Crippen LogP contribution in [0, 0.1) is 6.92 Å². The SMILES string of the molecule is [2H]C([2H])([2H])Oc1cccc(-c2nnc(CS(=O)(=O)[C@@H](C)[C@H](OC)c3ncc(C)cn3)n2-c2c(OC([2H])([2H])[2H])cccc2OC([2H])([2H])[2H])n1. The van der Waals surface area contributed by atoms with Crippen molar-refractivity contribution in [3.05, 3.63) is 66.0 Å². The summed E-state index contributed by atoms with van der Waals surface area (Å²) in [4.78, 5) is 12.5. The lowest BCUT2D eigenvalue weighted by molar-refractivity contribution is 0.0947. The van der Waals surface area contributed by atoms with Crippen molar-refractivity contribution in [2.45, 2.75) is 31.0 Å². The van der Waals surface area contributed by atoms with Gasteiger partial charge in [0.05, 0.1) is 38.7 Å². The van der Waals surface area contributed by atoms with Crippen molar-refractivity contribution in [2.75, 3.05) is 28.2 Å². The van der Waals surface area contributed by atoms with Crippen LogP contribution in [0.25, 0.3) is 17.2 Å². The minimum atomic E-state index is -4.26. The van der Waals surface area contributed by atoms with E-state index in [4.69, 9.17) is 31.3 Å². The Morgan fingerprint density at radius 2 is 1.64 bits per heavy atom. The molecule has 0 saturated heterocycles. The van der Waals surface area contributed by atoms with E-state index in [-0.39, 0.29) is 29.0 Å². The Balaban J connectivity index is 1.96. The summed E-state index contributed by atoms with van der Waals surface area (Å²) in [6.07, 6.45) is 1.88. The summed E-state index contributed by atoms with van der Waals surface area (Å²) in [6.45, 7) is 3.13. The molecule has 0 fully saturated rings. The second-order valence-corrected chi connectivity index (χ2v) is 10.7. The maximum atomic E-state index is 14.0. The van der Waals surface area contributed by atoms with Crippen molar-refractivity contribution in [1.82, 2.24) is 29.7 Å². The van der Waals surface area contributed by atoms with E-state index in [1.54, 1.807) is 6.92 Å². The largest absolute Gasteiger partial charge is 0.494 e. The number of aromatic nitrogens is 6. The van der Waals surface area contributed by atoms with Crippen molar-refractivity contribution >= 4 is 9.84 Å². The minimum Gasteiger partial charge on any atom is -0.494 e. The molecule has 0 amide bonds. The first-order valence-electron chi connectivity index (χ1n) is 15.8. The monoisotopic (exact) mass is 563 g/mol. The lowest BCUT2D eigenvalue weighted by Gasteiger charge is -2.22. The van der Waals surface area contributed by atoms with E-state index in [0.29, 0.717) is 0 Å². The lowest BCUT2D eigenvalue weighted by Crippen LogP contribution is -2.30. The molecule has 4 aromatic rings. The standard InChI is InChI=1S/C26H30N6O6S/c1-16-13-27-25(28-14-16)24(38-6)17(2)39(33,34)15-21-30-31-26(18-9-7-12-22(29-18)37-5)32(21)23-19(35-3)10-8-11-20(23)36-4/h7-14,17,24H,15H2,1-6H3/t17-,24-/m0/s1/i3D3,4D3,5D3. The van der Waals surface area contributed by atoms with Crippen molar-refractivity contribution in [1.29, 1.82) is 0 Å². The zero-order valence-electron chi connectivity index (χ0n) is 30.0. The number of ether oxygens (including phenoxy) is 4. The molecule has 2 atom stereocenters. The molecular formula is C26H30N6O6S. The summed E-state index contributed by atoms with van der Waals surface area (Å²) in [5.41, 5.74) is 0.226. The van der Waals surface area contributed by atoms with Gasteiger partial charge in [0.15, 0.2) is 27.3 Å². The van der Waals surface area contributed by atoms with Crippen LogP contribution in [-0.2, 0) is 20.3 Å². The van der Waals surface area contributed by atoms with E-state index in [9.17, 15) is 8.42 Å². The first-order valence-corrected chi connectivity index (χ1v) is 13.0. The third-order valence-corrected chi connectivity index (χ3v) is 7.87. The quantitative estimate of drug-likeness (QED) is 0.266. The van der Waals surface area contributed by atoms with Gasteiger partial charge >= 0.3 is 0 Å². The molecule has 39 heavy (non-hydrogen) atoms. The smallest absolute Gasteiger partial charge is 0.213 e. The number of nitrogens with zero attached hydrogens (tertiary/aromatic N) is 6. The zero-order valence-corrected chi connectivity index (χ0v) is 21.8. The van der Waals surface area contributed by atoms with Crippen LogP contribution in [0.5, 0.6) is 17.4 Å². The van der Waals surface area contributed by atoms with Crippen LogP contribution in [0.15, 0.2) is 48.8 Å². The van der Waals surface area contributed by atoms with E-state index >= 15 is 0 Å². The Morgan fingerprint density at radius 3 is 2.28 bits per heavy atom. The highest BCUT2D eigenvalue weighted by Crippen LogP contribution is 2.37. The molecule has 0 aliphatic heterocycles. The maximum absolute atomic E-state index is 14.0. The van der Waals surface area contributed by atoms with E-state index in [1.807, 2.05) is 0 Å². The number of methoxy groups -OCH3 is 4. The van der Waals surface area contributed by atoms with Gasteiger partial charge in [-0.15, -0.1) is 10.2 Å². The highest BCUT2D eigenvalue weighted by molar-refractivity contribution is 7.91. The van der Waals surface area contributed by atoms with Gasteiger partial charge < -0.3 is 18.9 Å². The molecule has 0 aliphatic rings. The van der Waals surface area contributed by atoms with Gasteiger partial charge in [0.2, 0.25) is 5.88 Å². The zero-order chi connectivity index (χ0) is 35.7. The molecule has 0 bridgehead atoms. The molecule has 12 nitrogen and oxygen atoms in total. The predicted octanol–water partition coefficient (Wildman–Crippen LogP) is 3.14. The molecule has 0 radical (unpaired) electrons. The number of rotatable bonds is 11. The van der Waals surface area contributed by atoms with Gasteiger partial charge in [0.25, 0.3) is 0 Å². The summed E-state index contributed by atoms with van der Waals surface area (Å²) in [5.74, 6) is -2.67. The van der Waals surface area contributed by atoms with E-state index < -0.39 is 65.2 Å². The molecule has 206 valence electrons. The van der Waals surface area contributed by atoms with Gasteiger partial charge in [-0.25, -0.2) is 23.4 Å². The summed E-state index contributed by atoms with van der Waals surface area (Å²) < 4.78 is 118. The third kappa shape index (κ3) is 5.68. The van der Waals surface area contributed by atoms with Gasteiger partial charge in [0.1, 0.15) is 34.7 Å². The molecule has 0 aliphatic carbocycles. The van der Waals surface area contributed by atoms with Crippen LogP contribution in [-0.4, -0.2) is 71.6 Å². The second kappa shape index (κ2) is 11.7. The predicted molar refractivity (Wildman–Crippen MR) is 143 cm³/mol. The molecule has 3 heterocycles. The highest BCUT2D eigenvalue weighted by Gasteiger charge is 2.35. The van der Waals surface area contributed by atoms with Gasteiger partial charge in [-0.1, -0.05) is 12.1 Å². The van der Waals surface area contributed by atoms with Gasteiger partial charge in [-0.05, 0) is 37.6 Å². The molecule has 1 aromatic carbocycles. The maximum Gasteiger partial charge on any atom is 0.213 e. The topological polar surface area (TPSA) is 140 Å². The Kier molecular flexibility index (Phi) is 5.49. The first-order chi connectivity index (χ1) is 22.2. The second-order valence-electron chi connectivity index (χ2n) is 8.33. The van der Waals surface area contributed by atoms with Crippen LogP contribution < -0.4 is 14.2 Å². The van der Waals surface area contributed by atoms with Crippen LogP contribution in [0.1, 0.15) is 42.6 Å². The summed E-state index contributed by atoms with van der Waals surface area (Å²) in [6, 6.07) is 7.63.